The van der Waals surface area contributed by atoms with E-state index in [1.165, 1.54) is 0 Å². The maximum absolute atomic E-state index is 11.5. The molecule has 3 N–H and O–H groups in total. The number of nitrogens with one attached hydrogen (secondary N) is 1. The van der Waals surface area contributed by atoms with Gasteiger partial charge >= 0.3 is 0 Å². The second kappa shape index (κ2) is 5.20. The van der Waals surface area contributed by atoms with Crippen molar-refractivity contribution in [3.63, 3.8) is 0 Å². The Morgan fingerprint density at radius 2 is 1.95 bits per heavy atom. The molecule has 1 aromatic carbocycles. The summed E-state index contributed by atoms with van der Waals surface area (Å²) in [6, 6.07) is 4.08. The Hall–Kier alpha value is -1.36. The van der Waals surface area contributed by atoms with Crippen molar-refractivity contribution in [2.24, 2.45) is 0 Å². The summed E-state index contributed by atoms with van der Waals surface area (Å²) in [5, 5.41) is 4.16. The molecular formula is C15H21N3OS. The molecule has 2 aliphatic heterocycles. The maximum atomic E-state index is 11.5. The number of anilines is 3. The number of aryl methyl sites for hydroxylation is 1. The number of amides is 1. The van der Waals surface area contributed by atoms with Gasteiger partial charge in [-0.2, -0.15) is 11.8 Å². The Labute approximate surface area is 124 Å². The summed E-state index contributed by atoms with van der Waals surface area (Å²) in [5.74, 6) is 0.101. The first kappa shape index (κ1) is 13.6. The molecule has 1 fully saturated rings. The van der Waals surface area contributed by atoms with Crippen LogP contribution in [-0.4, -0.2) is 29.5 Å². The van der Waals surface area contributed by atoms with Gasteiger partial charge in [-0.25, -0.2) is 0 Å². The molecule has 4 nitrogen and oxygen atoms in total. The summed E-state index contributed by atoms with van der Waals surface area (Å²) < 4.78 is 0. The van der Waals surface area contributed by atoms with Gasteiger partial charge in [0.2, 0.25) is 5.91 Å². The number of carbonyl (C=O) groups excluding carboxylic acids is 1. The molecule has 2 unspecified atom stereocenters. The number of fused-ring (bicyclic) bond motifs is 1. The van der Waals surface area contributed by atoms with Gasteiger partial charge in [0.1, 0.15) is 0 Å². The summed E-state index contributed by atoms with van der Waals surface area (Å²) in [4.78, 5) is 13.9. The summed E-state index contributed by atoms with van der Waals surface area (Å²) in [6.45, 7) is 6.52. The largest absolute Gasteiger partial charge is 0.397 e. The first-order valence-corrected chi connectivity index (χ1v) is 8.10. The van der Waals surface area contributed by atoms with Crippen molar-refractivity contribution >= 4 is 34.7 Å². The van der Waals surface area contributed by atoms with Crippen LogP contribution >= 0.6 is 11.8 Å². The number of rotatable bonds is 1. The van der Waals surface area contributed by atoms with E-state index < -0.39 is 0 Å². The smallest absolute Gasteiger partial charge is 0.224 e. The molecule has 2 atom stereocenters. The topological polar surface area (TPSA) is 58.4 Å². The number of carbonyl (C=O) groups is 1. The molecule has 20 heavy (non-hydrogen) atoms. The first-order chi connectivity index (χ1) is 9.52. The highest BCUT2D eigenvalue weighted by molar-refractivity contribution is 8.00. The maximum Gasteiger partial charge on any atom is 0.224 e. The minimum absolute atomic E-state index is 0.101. The molecule has 2 aliphatic rings. The molecule has 0 saturated carbocycles. The molecule has 0 aromatic heterocycles. The van der Waals surface area contributed by atoms with Gasteiger partial charge in [0.25, 0.3) is 0 Å². The second-order valence-electron chi connectivity index (χ2n) is 5.78. The van der Waals surface area contributed by atoms with Crippen LogP contribution in [0.4, 0.5) is 17.1 Å². The van der Waals surface area contributed by atoms with Crippen molar-refractivity contribution in [2.45, 2.75) is 37.2 Å². The lowest BCUT2D eigenvalue weighted by atomic mass is 10.0. The van der Waals surface area contributed by atoms with E-state index in [2.05, 4.69) is 30.1 Å². The Bertz CT molecular complexity index is 536. The van der Waals surface area contributed by atoms with Gasteiger partial charge in [-0.15, -0.1) is 0 Å². The van der Waals surface area contributed by atoms with Crippen LogP contribution in [0.3, 0.4) is 0 Å². The highest BCUT2D eigenvalue weighted by Gasteiger charge is 2.25. The van der Waals surface area contributed by atoms with E-state index in [1.54, 1.807) is 0 Å². The van der Waals surface area contributed by atoms with E-state index >= 15 is 0 Å². The average molecular weight is 291 g/mol. The van der Waals surface area contributed by atoms with Crippen LogP contribution in [0.25, 0.3) is 0 Å². The van der Waals surface area contributed by atoms with Crippen LogP contribution in [0.2, 0.25) is 0 Å². The normalized spacial score (nSPS) is 26.1. The third-order valence-corrected chi connectivity index (χ3v) is 5.14. The number of nitrogen functional groups attached to an aromatic ring is 1. The molecule has 1 aromatic rings. The van der Waals surface area contributed by atoms with E-state index in [9.17, 15) is 4.79 Å². The third-order valence-electron chi connectivity index (χ3n) is 3.91. The lowest BCUT2D eigenvalue weighted by Crippen LogP contribution is -2.40. The summed E-state index contributed by atoms with van der Waals surface area (Å²) in [5.41, 5.74) is 10.2. The molecule has 3 rings (SSSR count). The van der Waals surface area contributed by atoms with Gasteiger partial charge in [-0.3, -0.25) is 4.79 Å². The van der Waals surface area contributed by atoms with E-state index in [4.69, 9.17) is 5.73 Å². The first-order valence-electron chi connectivity index (χ1n) is 7.15. The lowest BCUT2D eigenvalue weighted by Gasteiger charge is -2.37. The number of thioether (sulfide) groups is 1. The number of nitrogens with zero attached hydrogens (tertiary/aromatic N) is 1. The monoisotopic (exact) mass is 291 g/mol. The number of hydrogen-bond donors (Lipinski definition) is 2. The Kier molecular flexibility index (Phi) is 3.54. The third kappa shape index (κ3) is 2.59. The molecule has 0 bridgehead atoms. The fourth-order valence-electron chi connectivity index (χ4n) is 3.08. The zero-order valence-electron chi connectivity index (χ0n) is 12.0. The summed E-state index contributed by atoms with van der Waals surface area (Å²) >= 11 is 2.02. The van der Waals surface area contributed by atoms with E-state index in [0.29, 0.717) is 16.9 Å². The van der Waals surface area contributed by atoms with Gasteiger partial charge in [0.15, 0.2) is 0 Å². The Balaban J connectivity index is 1.93. The SMILES string of the molecule is CC1CN(c2cc3c(cc2N)CCC(=O)N3)CC(C)S1. The number of hydrogen-bond acceptors (Lipinski definition) is 4. The zero-order chi connectivity index (χ0) is 14.3. The predicted octanol–water partition coefficient (Wildman–Crippen LogP) is 2.48. The molecule has 5 heteroatoms. The lowest BCUT2D eigenvalue weighted by molar-refractivity contribution is -0.116. The summed E-state index contributed by atoms with van der Waals surface area (Å²) in [6.07, 6.45) is 1.34. The van der Waals surface area contributed by atoms with Gasteiger partial charge < -0.3 is 16.0 Å². The number of nitrogens with two attached hydrogens (primary N) is 1. The van der Waals surface area contributed by atoms with Gasteiger partial charge in [0, 0.05) is 35.7 Å². The van der Waals surface area contributed by atoms with Crippen molar-refractivity contribution < 1.29 is 4.79 Å². The van der Waals surface area contributed by atoms with Crippen LogP contribution in [0.1, 0.15) is 25.8 Å². The Morgan fingerprint density at radius 3 is 2.65 bits per heavy atom. The highest BCUT2D eigenvalue weighted by Crippen LogP contribution is 2.36. The fraction of sp³-hybridized carbons (Fsp3) is 0.533. The molecule has 1 amide bonds. The standard InChI is InChI=1S/C15H21N3OS/c1-9-7-18(8-10(2)20-9)14-6-13-11(5-12(14)16)3-4-15(19)17-13/h5-6,9-10H,3-4,7-8,16H2,1-2H3,(H,17,19). The molecular weight excluding hydrogens is 270 g/mol. The van der Waals surface area contributed by atoms with Crippen LogP contribution in [-0.2, 0) is 11.2 Å². The van der Waals surface area contributed by atoms with Crippen LogP contribution in [0.5, 0.6) is 0 Å². The average Bonchev–Trinajstić information content (AvgIpc) is 2.37. The van der Waals surface area contributed by atoms with Crippen molar-refractivity contribution in [2.75, 3.05) is 29.0 Å². The van der Waals surface area contributed by atoms with E-state index in [-0.39, 0.29) is 5.91 Å². The Morgan fingerprint density at radius 1 is 1.25 bits per heavy atom. The fourth-order valence-corrected chi connectivity index (χ4v) is 4.41. The van der Waals surface area contributed by atoms with Crippen molar-refractivity contribution in [3.8, 4) is 0 Å². The van der Waals surface area contributed by atoms with E-state index in [0.717, 1.165) is 42.1 Å². The second-order valence-corrected chi connectivity index (χ2v) is 7.66. The van der Waals surface area contributed by atoms with Gasteiger partial charge in [-0.05, 0) is 24.1 Å². The molecule has 108 valence electrons. The van der Waals surface area contributed by atoms with Crippen LogP contribution < -0.4 is 16.0 Å². The summed E-state index contributed by atoms with van der Waals surface area (Å²) in [7, 11) is 0. The van der Waals surface area contributed by atoms with Crippen LogP contribution in [0, 0.1) is 0 Å². The van der Waals surface area contributed by atoms with Gasteiger partial charge in [0.05, 0.1) is 11.4 Å². The molecule has 0 aliphatic carbocycles. The van der Waals surface area contributed by atoms with E-state index in [1.807, 2.05) is 17.8 Å². The number of benzene rings is 1. The quantitative estimate of drug-likeness (QED) is 0.781. The zero-order valence-corrected chi connectivity index (χ0v) is 12.8. The predicted molar refractivity (Wildman–Crippen MR) is 86.5 cm³/mol. The molecule has 0 spiro atoms. The molecule has 1 saturated heterocycles. The van der Waals surface area contributed by atoms with Crippen molar-refractivity contribution in [1.29, 1.82) is 0 Å². The van der Waals surface area contributed by atoms with Gasteiger partial charge in [-0.1, -0.05) is 13.8 Å². The highest BCUT2D eigenvalue weighted by atomic mass is 32.2. The van der Waals surface area contributed by atoms with Crippen LogP contribution in [0.15, 0.2) is 12.1 Å². The van der Waals surface area contributed by atoms with Crippen molar-refractivity contribution in [1.82, 2.24) is 0 Å². The molecule has 2 heterocycles. The minimum Gasteiger partial charge on any atom is -0.397 e. The minimum atomic E-state index is 0.101. The van der Waals surface area contributed by atoms with Crippen molar-refractivity contribution in [3.05, 3.63) is 17.7 Å². The molecule has 0 radical (unpaired) electrons.